The second-order valence-electron chi connectivity index (χ2n) is 6.00. The first-order valence-corrected chi connectivity index (χ1v) is 7.63. The Bertz CT molecular complexity index is 760. The standard InChI is InChI=1S/C18H21N3O5/c1-18(2,19)15(17(25)21-26)20-16(24)13-9-7-12(8-10-13)5-3-4-6-14(23)11-22/h7-10,14-15,22-23,26H,11,19H2,1-2H3,(H,20,24)(H,21,25)/t14-,15+/m0/s1. The van der Waals surface area contributed by atoms with E-state index >= 15 is 0 Å². The zero-order valence-corrected chi connectivity index (χ0v) is 14.4. The molecule has 0 bridgehead atoms. The van der Waals surface area contributed by atoms with E-state index in [0.29, 0.717) is 5.56 Å². The van der Waals surface area contributed by atoms with Gasteiger partial charge in [0.1, 0.15) is 12.1 Å². The number of carbonyl (C=O) groups excluding carboxylic acids is 2. The van der Waals surface area contributed by atoms with Crippen molar-refractivity contribution in [2.75, 3.05) is 6.61 Å². The van der Waals surface area contributed by atoms with Gasteiger partial charge in [-0.15, -0.1) is 0 Å². The molecule has 26 heavy (non-hydrogen) atoms. The molecule has 0 saturated heterocycles. The van der Waals surface area contributed by atoms with Crippen LogP contribution in [0.15, 0.2) is 24.3 Å². The highest BCUT2D eigenvalue weighted by Crippen LogP contribution is 2.08. The van der Waals surface area contributed by atoms with E-state index in [0.717, 1.165) is 0 Å². The molecule has 0 aliphatic carbocycles. The van der Waals surface area contributed by atoms with Gasteiger partial charge in [-0.05, 0) is 50.0 Å². The molecule has 8 heteroatoms. The number of amides is 2. The molecule has 0 aromatic heterocycles. The van der Waals surface area contributed by atoms with Crippen LogP contribution in [0, 0.1) is 23.7 Å². The van der Waals surface area contributed by atoms with Crippen molar-refractivity contribution in [1.29, 1.82) is 0 Å². The number of aliphatic hydroxyl groups is 2. The van der Waals surface area contributed by atoms with Gasteiger partial charge in [0.2, 0.25) is 0 Å². The molecule has 2 amide bonds. The minimum Gasteiger partial charge on any atom is -0.393 e. The number of carbonyl (C=O) groups is 2. The zero-order valence-electron chi connectivity index (χ0n) is 14.4. The highest BCUT2D eigenvalue weighted by atomic mass is 16.5. The summed E-state index contributed by atoms with van der Waals surface area (Å²) in [5, 5.41) is 28.9. The molecule has 138 valence electrons. The van der Waals surface area contributed by atoms with Crippen molar-refractivity contribution in [3.05, 3.63) is 35.4 Å². The van der Waals surface area contributed by atoms with Gasteiger partial charge in [0.25, 0.3) is 11.8 Å². The Kier molecular flexibility index (Phi) is 7.78. The van der Waals surface area contributed by atoms with E-state index in [-0.39, 0.29) is 5.56 Å². The largest absolute Gasteiger partial charge is 0.393 e. The average molecular weight is 359 g/mol. The van der Waals surface area contributed by atoms with Gasteiger partial charge in [-0.25, -0.2) is 5.48 Å². The van der Waals surface area contributed by atoms with Gasteiger partial charge >= 0.3 is 0 Å². The maximum atomic E-state index is 12.3. The van der Waals surface area contributed by atoms with Crippen molar-refractivity contribution in [3.63, 3.8) is 0 Å². The lowest BCUT2D eigenvalue weighted by atomic mass is 9.95. The summed E-state index contributed by atoms with van der Waals surface area (Å²) < 4.78 is 0. The van der Waals surface area contributed by atoms with Gasteiger partial charge in [0.05, 0.1) is 6.61 Å². The summed E-state index contributed by atoms with van der Waals surface area (Å²) in [6, 6.07) is 5.05. The molecule has 0 fully saturated rings. The quantitative estimate of drug-likeness (QED) is 0.220. The topological polar surface area (TPSA) is 145 Å². The molecule has 1 aromatic rings. The summed E-state index contributed by atoms with van der Waals surface area (Å²) in [5.41, 5.74) is 7.10. The maximum absolute atomic E-state index is 12.3. The predicted molar refractivity (Wildman–Crippen MR) is 93.6 cm³/mol. The normalized spacial score (nSPS) is 12.5. The van der Waals surface area contributed by atoms with Crippen LogP contribution in [0.3, 0.4) is 0 Å². The van der Waals surface area contributed by atoms with Crippen LogP contribution in [0.1, 0.15) is 29.8 Å². The summed E-state index contributed by atoms with van der Waals surface area (Å²) >= 11 is 0. The van der Waals surface area contributed by atoms with Crippen LogP contribution in [-0.4, -0.2) is 51.5 Å². The van der Waals surface area contributed by atoms with Gasteiger partial charge in [0, 0.05) is 16.7 Å². The maximum Gasteiger partial charge on any atom is 0.267 e. The van der Waals surface area contributed by atoms with Crippen molar-refractivity contribution in [2.24, 2.45) is 5.73 Å². The smallest absolute Gasteiger partial charge is 0.267 e. The molecule has 0 radical (unpaired) electrons. The number of nitrogens with two attached hydrogens (primary N) is 1. The lowest BCUT2D eigenvalue weighted by Gasteiger charge is -2.29. The third-order valence-electron chi connectivity index (χ3n) is 3.22. The zero-order chi connectivity index (χ0) is 19.7. The second kappa shape index (κ2) is 9.56. The number of hydroxylamine groups is 1. The van der Waals surface area contributed by atoms with Gasteiger partial charge in [-0.1, -0.05) is 11.8 Å². The molecule has 0 heterocycles. The minimum absolute atomic E-state index is 0.275. The van der Waals surface area contributed by atoms with Crippen LogP contribution in [-0.2, 0) is 4.79 Å². The van der Waals surface area contributed by atoms with Crippen LogP contribution in [0.2, 0.25) is 0 Å². The predicted octanol–water partition coefficient (Wildman–Crippen LogP) is -1.26. The Morgan fingerprint density at radius 2 is 1.85 bits per heavy atom. The van der Waals surface area contributed by atoms with E-state index in [4.69, 9.17) is 21.2 Å². The van der Waals surface area contributed by atoms with Gasteiger partial charge in [-0.2, -0.15) is 0 Å². The number of nitrogens with one attached hydrogen (secondary N) is 2. The molecule has 0 saturated carbocycles. The van der Waals surface area contributed by atoms with E-state index in [1.165, 1.54) is 17.6 Å². The first kappa shape index (κ1) is 21.2. The molecular formula is C18H21N3O5. The molecular weight excluding hydrogens is 338 g/mol. The molecule has 0 spiro atoms. The number of hydrogen-bond donors (Lipinski definition) is 6. The average Bonchev–Trinajstić information content (AvgIpc) is 2.61. The highest BCUT2D eigenvalue weighted by molar-refractivity contribution is 5.97. The molecule has 0 aliphatic rings. The third-order valence-corrected chi connectivity index (χ3v) is 3.22. The summed E-state index contributed by atoms with van der Waals surface area (Å²) in [4.78, 5) is 23.9. The highest BCUT2D eigenvalue weighted by Gasteiger charge is 2.33. The van der Waals surface area contributed by atoms with Crippen LogP contribution in [0.25, 0.3) is 0 Å². The molecule has 8 nitrogen and oxygen atoms in total. The van der Waals surface area contributed by atoms with Crippen molar-refractivity contribution < 1.29 is 25.0 Å². The summed E-state index contributed by atoms with van der Waals surface area (Å²) in [5.74, 6) is 8.60. The number of rotatable bonds is 5. The Labute approximate surface area is 151 Å². The van der Waals surface area contributed by atoms with Crippen molar-refractivity contribution in [3.8, 4) is 23.7 Å². The molecule has 2 atom stereocenters. The van der Waals surface area contributed by atoms with Crippen LogP contribution < -0.4 is 16.5 Å². The van der Waals surface area contributed by atoms with E-state index in [9.17, 15) is 9.59 Å². The van der Waals surface area contributed by atoms with Crippen LogP contribution in [0.4, 0.5) is 0 Å². The summed E-state index contributed by atoms with van der Waals surface area (Å²) in [7, 11) is 0. The first-order valence-electron chi connectivity index (χ1n) is 7.63. The van der Waals surface area contributed by atoms with Gasteiger partial charge < -0.3 is 21.3 Å². The molecule has 1 aromatic carbocycles. The minimum atomic E-state index is -1.13. The molecule has 7 N–H and O–H groups in total. The fourth-order valence-corrected chi connectivity index (χ4v) is 1.84. The summed E-state index contributed by atoms with van der Waals surface area (Å²) in [6.07, 6.45) is -1.13. The molecule has 1 rings (SSSR count). The SMILES string of the molecule is CC(C)(N)[C@H](NC(=O)c1ccc(C#CC#C[C@H](O)CO)cc1)C(=O)NO. The van der Waals surface area contributed by atoms with E-state index in [1.54, 1.807) is 26.0 Å². The first-order chi connectivity index (χ1) is 12.2. The van der Waals surface area contributed by atoms with Crippen LogP contribution in [0.5, 0.6) is 0 Å². The fraction of sp³-hybridized carbons (Fsp3) is 0.333. The van der Waals surface area contributed by atoms with E-state index in [1.807, 2.05) is 0 Å². The Hall–Kier alpha value is -2.88. The van der Waals surface area contributed by atoms with Gasteiger partial charge in [-0.3, -0.25) is 14.8 Å². The van der Waals surface area contributed by atoms with E-state index in [2.05, 4.69) is 29.0 Å². The lowest BCUT2D eigenvalue weighted by molar-refractivity contribution is -0.132. The fourth-order valence-electron chi connectivity index (χ4n) is 1.84. The molecule has 0 aliphatic heterocycles. The number of aliphatic hydroxyl groups excluding tert-OH is 2. The van der Waals surface area contributed by atoms with Crippen molar-refractivity contribution in [2.45, 2.75) is 31.5 Å². The summed E-state index contributed by atoms with van der Waals surface area (Å²) in [6.45, 7) is 2.62. The van der Waals surface area contributed by atoms with E-state index < -0.39 is 36.1 Å². The lowest BCUT2D eigenvalue weighted by Crippen LogP contribution is -2.61. The Balaban J connectivity index is 2.84. The monoisotopic (exact) mass is 359 g/mol. The number of benzene rings is 1. The van der Waals surface area contributed by atoms with Crippen molar-refractivity contribution >= 4 is 11.8 Å². The van der Waals surface area contributed by atoms with Crippen LogP contribution >= 0.6 is 0 Å². The third kappa shape index (κ3) is 6.55. The van der Waals surface area contributed by atoms with Crippen molar-refractivity contribution in [1.82, 2.24) is 10.8 Å². The molecule has 0 unspecified atom stereocenters. The van der Waals surface area contributed by atoms with Gasteiger partial charge in [0.15, 0.2) is 0 Å². The Morgan fingerprint density at radius 1 is 1.23 bits per heavy atom. The second-order valence-corrected chi connectivity index (χ2v) is 6.00. The number of hydrogen-bond acceptors (Lipinski definition) is 6. The Morgan fingerprint density at radius 3 is 2.35 bits per heavy atom.